The zero-order chi connectivity index (χ0) is 13.0. The minimum Gasteiger partial charge on any atom is -0.483 e. The largest absolute Gasteiger partial charge is 0.483 e. The third kappa shape index (κ3) is 2.82. The van der Waals surface area contributed by atoms with E-state index in [0.717, 1.165) is 30.6 Å². The van der Waals surface area contributed by atoms with Gasteiger partial charge in [-0.2, -0.15) is 0 Å². The monoisotopic (exact) mass is 248 g/mol. The Hall–Kier alpha value is -1.55. The van der Waals surface area contributed by atoms with Gasteiger partial charge in [-0.25, -0.2) is 0 Å². The van der Waals surface area contributed by atoms with Gasteiger partial charge in [0.25, 0.3) is 5.91 Å². The lowest BCUT2D eigenvalue weighted by Gasteiger charge is -2.24. The summed E-state index contributed by atoms with van der Waals surface area (Å²) in [6, 6.07) is 6.01. The van der Waals surface area contributed by atoms with E-state index in [1.807, 2.05) is 19.1 Å². The van der Waals surface area contributed by atoms with E-state index < -0.39 is 0 Å². The number of nitrogens with one attached hydrogen (secondary N) is 1. The second-order valence-electron chi connectivity index (χ2n) is 4.56. The smallest absolute Gasteiger partial charge is 0.257 e. The summed E-state index contributed by atoms with van der Waals surface area (Å²) in [7, 11) is 0. The van der Waals surface area contributed by atoms with E-state index >= 15 is 0 Å². The predicted molar refractivity (Wildman–Crippen MR) is 70.5 cm³/mol. The van der Waals surface area contributed by atoms with Crippen molar-refractivity contribution in [2.24, 2.45) is 5.73 Å². The van der Waals surface area contributed by atoms with E-state index in [1.165, 1.54) is 5.56 Å². The molecule has 0 spiro atoms. The van der Waals surface area contributed by atoms with Gasteiger partial charge in [-0.1, -0.05) is 12.1 Å². The zero-order valence-corrected chi connectivity index (χ0v) is 10.7. The number of ether oxygens (including phenoxy) is 1. The molecule has 0 saturated heterocycles. The molecule has 0 bridgehead atoms. The molecule has 18 heavy (non-hydrogen) atoms. The molecule has 3 N–H and O–H groups in total. The highest BCUT2D eigenvalue weighted by atomic mass is 16.5. The summed E-state index contributed by atoms with van der Waals surface area (Å²) in [5, 5.41) is 2.72. The van der Waals surface area contributed by atoms with E-state index in [9.17, 15) is 4.79 Å². The molecule has 98 valence electrons. The molecule has 1 atom stereocenters. The van der Waals surface area contributed by atoms with Crippen molar-refractivity contribution in [1.29, 1.82) is 0 Å². The maximum Gasteiger partial charge on any atom is 0.257 e. The third-order valence-electron chi connectivity index (χ3n) is 3.24. The van der Waals surface area contributed by atoms with Crippen LogP contribution < -0.4 is 15.8 Å². The summed E-state index contributed by atoms with van der Waals surface area (Å²) >= 11 is 0. The molecule has 1 amide bonds. The molecule has 1 unspecified atom stereocenters. The van der Waals surface area contributed by atoms with E-state index in [-0.39, 0.29) is 18.6 Å². The Morgan fingerprint density at radius 1 is 1.56 bits per heavy atom. The Labute approximate surface area is 108 Å². The average molecular weight is 248 g/mol. The lowest BCUT2D eigenvalue weighted by molar-refractivity contribution is -0.122. The van der Waals surface area contributed by atoms with Crippen LogP contribution in [0.2, 0.25) is 0 Å². The van der Waals surface area contributed by atoms with Crippen LogP contribution in [-0.2, 0) is 11.2 Å². The second-order valence-corrected chi connectivity index (χ2v) is 4.56. The number of nitrogens with two attached hydrogens (primary N) is 1. The van der Waals surface area contributed by atoms with Gasteiger partial charge in [0.05, 0.1) is 0 Å². The normalized spacial score (nSPS) is 18.0. The fourth-order valence-corrected chi connectivity index (χ4v) is 2.38. The highest BCUT2D eigenvalue weighted by Gasteiger charge is 2.20. The number of fused-ring (bicyclic) bond motifs is 1. The predicted octanol–water partition coefficient (Wildman–Crippen LogP) is 1.54. The van der Waals surface area contributed by atoms with Gasteiger partial charge in [0, 0.05) is 12.6 Å². The Kier molecular flexibility index (Phi) is 4.20. The highest BCUT2D eigenvalue weighted by Crippen LogP contribution is 2.33. The van der Waals surface area contributed by atoms with Crippen molar-refractivity contribution in [2.75, 3.05) is 13.2 Å². The van der Waals surface area contributed by atoms with Gasteiger partial charge in [-0.05, 0) is 43.4 Å². The lowest BCUT2D eigenvalue weighted by Crippen LogP contribution is -2.28. The maximum absolute atomic E-state index is 11.4. The van der Waals surface area contributed by atoms with Crippen molar-refractivity contribution in [3.63, 3.8) is 0 Å². The van der Waals surface area contributed by atoms with E-state index in [1.54, 1.807) is 0 Å². The molecule has 1 aliphatic rings. The van der Waals surface area contributed by atoms with E-state index in [4.69, 9.17) is 10.5 Å². The van der Waals surface area contributed by atoms with Gasteiger partial charge >= 0.3 is 0 Å². The van der Waals surface area contributed by atoms with Crippen LogP contribution >= 0.6 is 0 Å². The topological polar surface area (TPSA) is 64.3 Å². The molecule has 4 nitrogen and oxygen atoms in total. The number of amides is 1. The first kappa shape index (κ1) is 12.9. The number of benzene rings is 1. The summed E-state index contributed by atoms with van der Waals surface area (Å²) in [4.78, 5) is 11.4. The molecule has 1 aromatic rings. The SMILES string of the molecule is CCNC(=O)COc1cccc2c1CCCC2N. The third-order valence-corrected chi connectivity index (χ3v) is 3.24. The van der Waals surface area contributed by atoms with E-state index in [2.05, 4.69) is 11.4 Å². The molecule has 0 saturated carbocycles. The van der Waals surface area contributed by atoms with Gasteiger partial charge < -0.3 is 15.8 Å². The highest BCUT2D eigenvalue weighted by molar-refractivity contribution is 5.77. The standard InChI is InChI=1S/C14H20N2O2/c1-2-16-14(17)9-18-13-8-4-5-10-11(13)6-3-7-12(10)15/h4-5,8,12H,2-3,6-7,9,15H2,1H3,(H,16,17). The molecular formula is C14H20N2O2. The first-order valence-corrected chi connectivity index (χ1v) is 6.49. The van der Waals surface area contributed by atoms with Crippen LogP contribution in [0.4, 0.5) is 0 Å². The van der Waals surface area contributed by atoms with Crippen molar-refractivity contribution in [1.82, 2.24) is 5.32 Å². The zero-order valence-electron chi connectivity index (χ0n) is 10.7. The van der Waals surface area contributed by atoms with Crippen molar-refractivity contribution >= 4 is 5.91 Å². The van der Waals surface area contributed by atoms with Crippen molar-refractivity contribution in [3.05, 3.63) is 29.3 Å². The van der Waals surface area contributed by atoms with Gasteiger partial charge in [-0.15, -0.1) is 0 Å². The van der Waals surface area contributed by atoms with Crippen LogP contribution in [0.1, 0.15) is 36.9 Å². The Morgan fingerprint density at radius 2 is 2.39 bits per heavy atom. The van der Waals surface area contributed by atoms with Crippen molar-refractivity contribution < 1.29 is 9.53 Å². The number of rotatable bonds is 4. The van der Waals surface area contributed by atoms with Gasteiger partial charge in [0.15, 0.2) is 6.61 Å². The summed E-state index contributed by atoms with van der Waals surface area (Å²) in [5.41, 5.74) is 8.41. The van der Waals surface area contributed by atoms with Gasteiger partial charge in [0.1, 0.15) is 5.75 Å². The number of hydrogen-bond donors (Lipinski definition) is 2. The molecule has 0 fully saturated rings. The first-order chi connectivity index (χ1) is 8.72. The molecule has 0 aliphatic heterocycles. The Bertz CT molecular complexity index is 432. The van der Waals surface area contributed by atoms with Crippen LogP contribution in [0, 0.1) is 0 Å². The average Bonchev–Trinajstić information content (AvgIpc) is 2.37. The van der Waals surface area contributed by atoms with Crippen LogP contribution in [0.5, 0.6) is 5.75 Å². The number of hydrogen-bond acceptors (Lipinski definition) is 3. The van der Waals surface area contributed by atoms with Crippen molar-refractivity contribution in [2.45, 2.75) is 32.2 Å². The molecule has 0 aromatic heterocycles. The lowest BCUT2D eigenvalue weighted by atomic mass is 9.88. The summed E-state index contributed by atoms with van der Waals surface area (Å²) in [5.74, 6) is 0.712. The van der Waals surface area contributed by atoms with Gasteiger partial charge in [0.2, 0.25) is 0 Å². The van der Waals surface area contributed by atoms with Crippen LogP contribution in [0.15, 0.2) is 18.2 Å². The molecule has 0 radical (unpaired) electrons. The molecule has 4 heteroatoms. The summed E-state index contributed by atoms with van der Waals surface area (Å²) in [6.07, 6.45) is 3.08. The van der Waals surface area contributed by atoms with Crippen LogP contribution in [0.3, 0.4) is 0 Å². The first-order valence-electron chi connectivity index (χ1n) is 6.49. The molecule has 2 rings (SSSR count). The fraction of sp³-hybridized carbons (Fsp3) is 0.500. The summed E-state index contributed by atoms with van der Waals surface area (Å²) in [6.45, 7) is 2.58. The number of likely N-dealkylation sites (N-methyl/N-ethyl adjacent to an activating group) is 1. The quantitative estimate of drug-likeness (QED) is 0.849. The molecule has 0 heterocycles. The molecule has 1 aliphatic carbocycles. The van der Waals surface area contributed by atoms with Gasteiger partial charge in [-0.3, -0.25) is 4.79 Å². The Morgan fingerprint density at radius 3 is 3.17 bits per heavy atom. The Balaban J connectivity index is 2.09. The van der Waals surface area contributed by atoms with Crippen molar-refractivity contribution in [3.8, 4) is 5.75 Å². The minimum absolute atomic E-state index is 0.0690. The van der Waals surface area contributed by atoms with Crippen LogP contribution in [-0.4, -0.2) is 19.1 Å². The molecule has 1 aromatic carbocycles. The number of carbonyl (C=O) groups is 1. The minimum atomic E-state index is -0.0878. The summed E-state index contributed by atoms with van der Waals surface area (Å²) < 4.78 is 5.60. The molecular weight excluding hydrogens is 228 g/mol. The van der Waals surface area contributed by atoms with Crippen LogP contribution in [0.25, 0.3) is 0 Å². The van der Waals surface area contributed by atoms with E-state index in [0.29, 0.717) is 6.54 Å². The maximum atomic E-state index is 11.4. The number of carbonyl (C=O) groups excluding carboxylic acids is 1. The fourth-order valence-electron chi connectivity index (χ4n) is 2.38. The second kappa shape index (κ2) is 5.87.